The monoisotopic (exact) mass is 399 g/mol. The molecule has 1 aliphatic rings. The number of carboxylic acids is 1. The average molecular weight is 399 g/mol. The maximum absolute atomic E-state index is 12.2. The van der Waals surface area contributed by atoms with Crippen LogP contribution in [-0.4, -0.2) is 33.7 Å². The maximum Gasteiger partial charge on any atom is 0.311 e. The first-order valence-corrected chi connectivity index (χ1v) is 10.3. The molecule has 7 nitrogen and oxygen atoms in total. The van der Waals surface area contributed by atoms with Gasteiger partial charge in [0.15, 0.2) is 0 Å². The minimum absolute atomic E-state index is 0.179. The second-order valence-electron chi connectivity index (χ2n) is 8.21. The summed E-state index contributed by atoms with van der Waals surface area (Å²) in [5.41, 5.74) is 1.29. The van der Waals surface area contributed by atoms with Gasteiger partial charge < -0.3 is 14.9 Å². The molecule has 156 valence electrons. The molecule has 0 bridgehead atoms. The van der Waals surface area contributed by atoms with Crippen LogP contribution >= 0.6 is 0 Å². The fourth-order valence-electron chi connectivity index (χ4n) is 3.76. The van der Waals surface area contributed by atoms with E-state index in [1.165, 1.54) is 5.56 Å². The van der Waals surface area contributed by atoms with Gasteiger partial charge >= 0.3 is 5.97 Å². The van der Waals surface area contributed by atoms with Crippen LogP contribution in [0.2, 0.25) is 0 Å². The number of benzene rings is 1. The molecule has 1 aromatic carbocycles. The Kier molecular flexibility index (Phi) is 6.67. The van der Waals surface area contributed by atoms with Crippen molar-refractivity contribution < 1.29 is 19.2 Å². The normalized spacial score (nSPS) is 16.0. The molecule has 1 fully saturated rings. The highest BCUT2D eigenvalue weighted by Gasteiger charge is 2.39. The number of carbonyl (C=O) groups is 2. The summed E-state index contributed by atoms with van der Waals surface area (Å²) in [6.45, 7) is 4.45. The summed E-state index contributed by atoms with van der Waals surface area (Å²) in [7, 11) is 0. The quantitative estimate of drug-likeness (QED) is 0.696. The molecule has 3 rings (SSSR count). The molecule has 0 radical (unpaired) electrons. The van der Waals surface area contributed by atoms with E-state index in [-0.39, 0.29) is 18.9 Å². The highest BCUT2D eigenvalue weighted by molar-refractivity contribution is 5.79. The summed E-state index contributed by atoms with van der Waals surface area (Å²) in [5, 5.41) is 16.4. The van der Waals surface area contributed by atoms with Gasteiger partial charge in [0.2, 0.25) is 17.6 Å². The molecule has 1 aromatic heterocycles. The number of hydrogen-bond donors (Lipinski definition) is 2. The van der Waals surface area contributed by atoms with E-state index < -0.39 is 11.4 Å². The largest absolute Gasteiger partial charge is 0.481 e. The maximum atomic E-state index is 12.2. The second-order valence-corrected chi connectivity index (χ2v) is 8.21. The van der Waals surface area contributed by atoms with Gasteiger partial charge in [-0.1, -0.05) is 62.5 Å². The van der Waals surface area contributed by atoms with E-state index in [9.17, 15) is 14.7 Å². The van der Waals surface area contributed by atoms with Crippen molar-refractivity contribution in [2.75, 3.05) is 6.54 Å². The molecule has 7 heteroatoms. The van der Waals surface area contributed by atoms with Crippen LogP contribution in [0.4, 0.5) is 0 Å². The van der Waals surface area contributed by atoms with Crippen LogP contribution in [0.5, 0.6) is 0 Å². The van der Waals surface area contributed by atoms with Gasteiger partial charge in [0.25, 0.3) is 0 Å². The Morgan fingerprint density at radius 1 is 1.17 bits per heavy atom. The molecule has 1 aliphatic carbocycles. The number of aliphatic carboxylic acids is 1. The molecule has 29 heavy (non-hydrogen) atoms. The lowest BCUT2D eigenvalue weighted by atomic mass is 9.74. The summed E-state index contributed by atoms with van der Waals surface area (Å²) in [6, 6.07) is 8.03. The van der Waals surface area contributed by atoms with Gasteiger partial charge in [-0.2, -0.15) is 4.98 Å². The third-order valence-corrected chi connectivity index (χ3v) is 5.76. The van der Waals surface area contributed by atoms with Gasteiger partial charge in [0.05, 0.1) is 5.41 Å². The summed E-state index contributed by atoms with van der Waals surface area (Å²) in [6.07, 6.45) is 4.59. The number of carboxylic acid groups (broad SMARTS) is 1. The van der Waals surface area contributed by atoms with Crippen molar-refractivity contribution in [3.8, 4) is 11.4 Å². The van der Waals surface area contributed by atoms with E-state index in [1.54, 1.807) is 0 Å². The summed E-state index contributed by atoms with van der Waals surface area (Å²) in [5.74, 6) is 0.341. The number of hydrogen-bond acceptors (Lipinski definition) is 5. The number of carbonyl (C=O) groups excluding carboxylic acids is 1. The van der Waals surface area contributed by atoms with Crippen molar-refractivity contribution in [2.45, 2.75) is 64.7 Å². The summed E-state index contributed by atoms with van der Waals surface area (Å²) < 4.78 is 5.26. The minimum Gasteiger partial charge on any atom is -0.481 e. The topological polar surface area (TPSA) is 105 Å². The smallest absolute Gasteiger partial charge is 0.311 e. The third-order valence-electron chi connectivity index (χ3n) is 5.76. The van der Waals surface area contributed by atoms with Gasteiger partial charge in [-0.05, 0) is 24.3 Å². The van der Waals surface area contributed by atoms with Crippen LogP contribution in [0.3, 0.4) is 0 Å². The Balaban J connectivity index is 1.51. The van der Waals surface area contributed by atoms with E-state index in [4.69, 9.17) is 4.52 Å². The molecule has 2 N–H and O–H groups in total. The van der Waals surface area contributed by atoms with Gasteiger partial charge in [-0.15, -0.1) is 0 Å². The molecule has 1 amide bonds. The number of amides is 1. The Morgan fingerprint density at radius 2 is 1.86 bits per heavy atom. The Labute approximate surface area is 170 Å². The van der Waals surface area contributed by atoms with Crippen molar-refractivity contribution in [3.63, 3.8) is 0 Å². The average Bonchev–Trinajstić information content (AvgIpc) is 3.20. The third kappa shape index (κ3) is 5.22. The van der Waals surface area contributed by atoms with E-state index in [0.717, 1.165) is 24.8 Å². The van der Waals surface area contributed by atoms with Crippen LogP contribution in [0, 0.1) is 5.41 Å². The summed E-state index contributed by atoms with van der Waals surface area (Å²) in [4.78, 5) is 28.3. The number of nitrogens with one attached hydrogen (secondary N) is 1. The first-order valence-electron chi connectivity index (χ1n) is 10.3. The molecule has 0 atom stereocenters. The highest BCUT2D eigenvalue weighted by Crippen LogP contribution is 2.36. The lowest BCUT2D eigenvalue weighted by Gasteiger charge is -2.33. The molecule has 2 aromatic rings. The van der Waals surface area contributed by atoms with E-state index >= 15 is 0 Å². The van der Waals surface area contributed by atoms with Crippen molar-refractivity contribution in [2.24, 2.45) is 5.41 Å². The van der Waals surface area contributed by atoms with Crippen LogP contribution in [-0.2, 0) is 16.0 Å². The van der Waals surface area contributed by atoms with Gasteiger partial charge in [0.1, 0.15) is 0 Å². The fraction of sp³-hybridized carbons (Fsp3) is 0.545. The van der Waals surface area contributed by atoms with Crippen molar-refractivity contribution >= 4 is 11.9 Å². The van der Waals surface area contributed by atoms with Crippen LogP contribution in [0.15, 0.2) is 28.8 Å². The van der Waals surface area contributed by atoms with Crippen LogP contribution < -0.4 is 5.32 Å². The zero-order valence-electron chi connectivity index (χ0n) is 17.1. The molecule has 0 aliphatic heterocycles. The number of aryl methyl sites for hydroxylation is 1. The van der Waals surface area contributed by atoms with E-state index in [1.807, 2.05) is 24.3 Å². The highest BCUT2D eigenvalue weighted by atomic mass is 16.5. The molecule has 0 unspecified atom stereocenters. The standard InChI is InChI=1S/C22H29N3O4/c1-15(2)16-6-8-17(9-7-16)20-24-19(29-25-20)11-10-18(26)23-14-22(21(27)28)12-4-3-5-13-22/h6-9,15H,3-5,10-14H2,1-2H3,(H,23,26)(H,27,28). The Hall–Kier alpha value is -2.70. The predicted molar refractivity (Wildman–Crippen MR) is 108 cm³/mol. The lowest BCUT2D eigenvalue weighted by Crippen LogP contribution is -2.44. The minimum atomic E-state index is -0.826. The molecule has 0 spiro atoms. The first-order chi connectivity index (χ1) is 13.9. The van der Waals surface area contributed by atoms with Crippen LogP contribution in [0.1, 0.15) is 69.7 Å². The second kappa shape index (κ2) is 9.20. The molecular formula is C22H29N3O4. The predicted octanol–water partition coefficient (Wildman–Crippen LogP) is 3.94. The summed E-state index contributed by atoms with van der Waals surface area (Å²) >= 11 is 0. The van der Waals surface area contributed by atoms with Crippen molar-refractivity contribution in [1.82, 2.24) is 15.5 Å². The van der Waals surface area contributed by atoms with Crippen molar-refractivity contribution in [3.05, 3.63) is 35.7 Å². The number of aromatic nitrogens is 2. The molecule has 1 saturated carbocycles. The zero-order chi connectivity index (χ0) is 20.9. The molecule has 1 heterocycles. The zero-order valence-corrected chi connectivity index (χ0v) is 17.1. The Morgan fingerprint density at radius 3 is 2.48 bits per heavy atom. The van der Waals surface area contributed by atoms with E-state index in [2.05, 4.69) is 29.3 Å². The fourth-order valence-corrected chi connectivity index (χ4v) is 3.76. The van der Waals surface area contributed by atoms with Crippen LogP contribution in [0.25, 0.3) is 11.4 Å². The van der Waals surface area contributed by atoms with Gasteiger partial charge in [0, 0.05) is 24.9 Å². The SMILES string of the molecule is CC(C)c1ccc(-c2noc(CCC(=O)NCC3(C(=O)O)CCCCC3)n2)cc1. The lowest BCUT2D eigenvalue weighted by molar-refractivity contribution is -0.151. The number of rotatable bonds is 8. The van der Waals surface area contributed by atoms with Gasteiger partial charge in [-0.3, -0.25) is 9.59 Å². The molecular weight excluding hydrogens is 370 g/mol. The number of nitrogens with zero attached hydrogens (tertiary/aromatic N) is 2. The molecule has 0 saturated heterocycles. The Bertz CT molecular complexity index is 836. The first kappa shape index (κ1) is 21.0. The van der Waals surface area contributed by atoms with Crippen molar-refractivity contribution in [1.29, 1.82) is 0 Å². The van der Waals surface area contributed by atoms with E-state index in [0.29, 0.717) is 36.9 Å². The van der Waals surface area contributed by atoms with Gasteiger partial charge in [-0.25, -0.2) is 0 Å².